The van der Waals surface area contributed by atoms with Crippen LogP contribution in [0.15, 0.2) is 119 Å². The highest BCUT2D eigenvalue weighted by Crippen LogP contribution is 2.40. The standard InChI is InChI=1S/C28H23N3O2/c1-2-33-27(32)24-25(21-14-8-4-9-15-21)30-28-29-23(20-12-6-3-7-13-20)18-19-31(28)26(24)22-16-10-5-11-17-22/h3-19,26H,2H2,1H3. The molecule has 2 aliphatic rings. The number of carbonyl (C=O) groups excluding carboxylic acids is 1. The number of esters is 1. The highest BCUT2D eigenvalue weighted by molar-refractivity contribution is 6.17. The monoisotopic (exact) mass is 433 g/mol. The number of fused-ring (bicyclic) bond motifs is 1. The van der Waals surface area contributed by atoms with Crippen LogP contribution >= 0.6 is 0 Å². The molecule has 0 fully saturated rings. The van der Waals surface area contributed by atoms with Crippen LogP contribution in [0.4, 0.5) is 0 Å². The summed E-state index contributed by atoms with van der Waals surface area (Å²) >= 11 is 0. The lowest BCUT2D eigenvalue weighted by atomic mass is 9.91. The Balaban J connectivity index is 1.73. The second-order valence-corrected chi connectivity index (χ2v) is 7.66. The highest BCUT2D eigenvalue weighted by atomic mass is 16.5. The fourth-order valence-electron chi connectivity index (χ4n) is 4.10. The number of ether oxygens (including phenoxy) is 1. The molecule has 5 nitrogen and oxygen atoms in total. The molecule has 0 radical (unpaired) electrons. The van der Waals surface area contributed by atoms with Crippen LogP contribution in [0.3, 0.4) is 0 Å². The second kappa shape index (κ2) is 9.09. The number of hydrogen-bond donors (Lipinski definition) is 0. The van der Waals surface area contributed by atoms with Crippen molar-refractivity contribution in [2.24, 2.45) is 9.98 Å². The molecule has 0 bridgehead atoms. The fraction of sp³-hybridized carbons (Fsp3) is 0.107. The molecule has 0 N–H and O–H groups in total. The normalized spacial score (nSPS) is 17.2. The van der Waals surface area contributed by atoms with Gasteiger partial charge in [-0.1, -0.05) is 91.0 Å². The number of benzene rings is 3. The molecule has 0 aromatic heterocycles. The molecule has 1 atom stereocenters. The minimum atomic E-state index is -0.412. The zero-order valence-corrected chi connectivity index (χ0v) is 18.3. The van der Waals surface area contributed by atoms with E-state index in [0.717, 1.165) is 22.4 Å². The molecule has 1 unspecified atom stereocenters. The summed E-state index contributed by atoms with van der Waals surface area (Å²) in [6.07, 6.45) is 3.91. The Morgan fingerprint density at radius 1 is 0.848 bits per heavy atom. The summed E-state index contributed by atoms with van der Waals surface area (Å²) in [5.74, 6) is 0.163. The maximum absolute atomic E-state index is 13.3. The van der Waals surface area contributed by atoms with Crippen molar-refractivity contribution in [3.05, 3.63) is 126 Å². The number of rotatable bonds is 5. The number of guanidine groups is 1. The van der Waals surface area contributed by atoms with E-state index < -0.39 is 6.04 Å². The molecule has 0 aliphatic carbocycles. The Bertz CT molecular complexity index is 1280. The summed E-state index contributed by atoms with van der Waals surface area (Å²) in [6.45, 7) is 2.10. The quantitative estimate of drug-likeness (QED) is 0.507. The first-order chi connectivity index (χ1) is 16.3. The predicted molar refractivity (Wildman–Crippen MR) is 131 cm³/mol. The molecular weight excluding hydrogens is 410 g/mol. The van der Waals surface area contributed by atoms with Gasteiger partial charge in [0, 0.05) is 17.3 Å². The van der Waals surface area contributed by atoms with Crippen molar-refractivity contribution in [3.8, 4) is 0 Å². The van der Waals surface area contributed by atoms with Crippen molar-refractivity contribution in [2.45, 2.75) is 13.0 Å². The van der Waals surface area contributed by atoms with Gasteiger partial charge in [-0.3, -0.25) is 0 Å². The number of hydrogen-bond acceptors (Lipinski definition) is 5. The number of nitrogens with zero attached hydrogens (tertiary/aromatic N) is 3. The maximum atomic E-state index is 13.3. The third kappa shape index (κ3) is 4.01. The average molecular weight is 434 g/mol. The molecule has 5 heteroatoms. The zero-order chi connectivity index (χ0) is 22.6. The minimum Gasteiger partial charge on any atom is -0.463 e. The van der Waals surface area contributed by atoms with Crippen LogP contribution in [-0.4, -0.2) is 29.1 Å². The molecule has 0 spiro atoms. The van der Waals surface area contributed by atoms with E-state index in [2.05, 4.69) is 0 Å². The van der Waals surface area contributed by atoms with E-state index in [1.165, 1.54) is 0 Å². The Morgan fingerprint density at radius 2 is 1.45 bits per heavy atom. The summed E-state index contributed by atoms with van der Waals surface area (Å²) in [4.78, 5) is 25.0. The largest absolute Gasteiger partial charge is 0.463 e. The first-order valence-corrected chi connectivity index (χ1v) is 11.0. The van der Waals surface area contributed by atoms with Crippen LogP contribution in [0.2, 0.25) is 0 Å². The van der Waals surface area contributed by atoms with E-state index in [9.17, 15) is 4.79 Å². The lowest BCUT2D eigenvalue weighted by Crippen LogP contribution is -2.38. The molecule has 2 aliphatic heterocycles. The molecule has 3 aromatic rings. The highest BCUT2D eigenvalue weighted by Gasteiger charge is 2.38. The Kier molecular flexibility index (Phi) is 5.68. The van der Waals surface area contributed by atoms with E-state index in [0.29, 0.717) is 17.2 Å². The maximum Gasteiger partial charge on any atom is 0.338 e. The van der Waals surface area contributed by atoms with Crippen molar-refractivity contribution in [1.29, 1.82) is 0 Å². The lowest BCUT2D eigenvalue weighted by Gasteiger charge is -2.36. The van der Waals surface area contributed by atoms with Gasteiger partial charge in [0.15, 0.2) is 0 Å². The van der Waals surface area contributed by atoms with Gasteiger partial charge >= 0.3 is 5.97 Å². The van der Waals surface area contributed by atoms with Crippen molar-refractivity contribution in [3.63, 3.8) is 0 Å². The molecule has 0 saturated carbocycles. The number of aliphatic imine (C=N–C) groups is 2. The van der Waals surface area contributed by atoms with Gasteiger partial charge in [-0.15, -0.1) is 0 Å². The first kappa shape index (κ1) is 20.6. The Morgan fingerprint density at radius 3 is 2.09 bits per heavy atom. The summed E-state index contributed by atoms with van der Waals surface area (Å²) in [6, 6.07) is 29.3. The van der Waals surface area contributed by atoms with Crippen molar-refractivity contribution < 1.29 is 9.53 Å². The van der Waals surface area contributed by atoms with Gasteiger partial charge < -0.3 is 9.64 Å². The molecule has 2 heterocycles. The van der Waals surface area contributed by atoms with Gasteiger partial charge in [-0.05, 0) is 18.6 Å². The predicted octanol–water partition coefficient (Wildman–Crippen LogP) is 5.39. The van der Waals surface area contributed by atoms with Crippen LogP contribution in [0, 0.1) is 0 Å². The lowest BCUT2D eigenvalue weighted by molar-refractivity contribution is -0.139. The molecule has 3 aromatic carbocycles. The van der Waals surface area contributed by atoms with Gasteiger partial charge in [-0.2, -0.15) is 0 Å². The topological polar surface area (TPSA) is 54.3 Å². The van der Waals surface area contributed by atoms with E-state index in [-0.39, 0.29) is 12.6 Å². The van der Waals surface area contributed by atoms with Gasteiger partial charge in [0.2, 0.25) is 5.96 Å². The molecule has 162 valence electrons. The van der Waals surface area contributed by atoms with Gasteiger partial charge in [-0.25, -0.2) is 14.8 Å². The van der Waals surface area contributed by atoms with Gasteiger partial charge in [0.1, 0.15) is 0 Å². The zero-order valence-electron chi connectivity index (χ0n) is 18.3. The fourth-order valence-corrected chi connectivity index (χ4v) is 4.10. The summed E-state index contributed by atoms with van der Waals surface area (Å²) < 4.78 is 5.50. The second-order valence-electron chi connectivity index (χ2n) is 7.66. The van der Waals surface area contributed by atoms with Crippen LogP contribution in [-0.2, 0) is 9.53 Å². The summed E-state index contributed by atoms with van der Waals surface area (Å²) in [5, 5.41) is 0. The van der Waals surface area contributed by atoms with E-state index >= 15 is 0 Å². The summed E-state index contributed by atoms with van der Waals surface area (Å²) in [7, 11) is 0. The third-order valence-electron chi connectivity index (χ3n) is 5.59. The van der Waals surface area contributed by atoms with E-state index in [1.54, 1.807) is 0 Å². The Labute approximate surface area is 193 Å². The SMILES string of the molecule is CCOC(=O)C1=C(c2ccccc2)N=C2N=C(c3ccccc3)C=CN2C1c1ccccc1. The number of carbonyl (C=O) groups is 1. The first-order valence-electron chi connectivity index (χ1n) is 11.0. The minimum absolute atomic E-state index is 0.286. The molecule has 5 rings (SSSR count). The van der Waals surface area contributed by atoms with Crippen molar-refractivity contribution in [2.75, 3.05) is 6.61 Å². The van der Waals surface area contributed by atoms with Gasteiger partial charge in [0.05, 0.1) is 29.6 Å². The van der Waals surface area contributed by atoms with Crippen LogP contribution < -0.4 is 0 Å². The summed E-state index contributed by atoms with van der Waals surface area (Å²) in [5.41, 5.74) is 4.73. The number of allylic oxidation sites excluding steroid dienone is 1. The molecule has 0 amide bonds. The van der Waals surface area contributed by atoms with Crippen molar-refractivity contribution >= 4 is 23.3 Å². The van der Waals surface area contributed by atoms with Crippen LogP contribution in [0.5, 0.6) is 0 Å². The van der Waals surface area contributed by atoms with Crippen molar-refractivity contribution in [1.82, 2.24) is 4.90 Å². The smallest absolute Gasteiger partial charge is 0.338 e. The van der Waals surface area contributed by atoms with E-state index in [1.807, 2.05) is 115 Å². The van der Waals surface area contributed by atoms with Crippen LogP contribution in [0.1, 0.15) is 29.7 Å². The van der Waals surface area contributed by atoms with Gasteiger partial charge in [0.25, 0.3) is 0 Å². The third-order valence-corrected chi connectivity index (χ3v) is 5.59. The van der Waals surface area contributed by atoms with E-state index in [4.69, 9.17) is 14.7 Å². The average Bonchev–Trinajstić information content (AvgIpc) is 2.89. The molecule has 33 heavy (non-hydrogen) atoms. The van der Waals surface area contributed by atoms with Crippen LogP contribution in [0.25, 0.3) is 5.70 Å². The Hall–Kier alpha value is -4.25. The molecule has 0 saturated heterocycles. The molecular formula is C28H23N3O2.